The standard InChI is InChI=1S/C13H19FN2O/c1-3-15-10-9-13(17)16(4-2)12-8-6-5-7-11(12)14/h5-8,15H,3-4,9-10H2,1-2H3. The van der Waals surface area contributed by atoms with Gasteiger partial charge in [0.1, 0.15) is 5.82 Å². The molecule has 0 unspecified atom stereocenters. The summed E-state index contributed by atoms with van der Waals surface area (Å²) in [5.74, 6) is -0.412. The Balaban J connectivity index is 2.71. The molecule has 0 aliphatic rings. The molecular formula is C13H19FN2O. The molecular weight excluding hydrogens is 219 g/mol. The Morgan fingerprint density at radius 3 is 2.65 bits per heavy atom. The van der Waals surface area contributed by atoms with Gasteiger partial charge in [-0.1, -0.05) is 19.1 Å². The number of nitrogens with zero attached hydrogens (tertiary/aromatic N) is 1. The van der Waals surface area contributed by atoms with Crippen molar-refractivity contribution in [2.75, 3.05) is 24.5 Å². The molecule has 1 N–H and O–H groups in total. The molecule has 1 aromatic rings. The van der Waals surface area contributed by atoms with Crippen LogP contribution >= 0.6 is 0 Å². The highest BCUT2D eigenvalue weighted by Gasteiger charge is 2.16. The summed E-state index contributed by atoms with van der Waals surface area (Å²) in [4.78, 5) is 13.4. The van der Waals surface area contributed by atoms with Gasteiger partial charge in [-0.3, -0.25) is 4.79 Å². The van der Waals surface area contributed by atoms with Crippen LogP contribution in [0.2, 0.25) is 0 Å². The molecule has 0 atom stereocenters. The Morgan fingerprint density at radius 1 is 1.35 bits per heavy atom. The largest absolute Gasteiger partial charge is 0.316 e. The number of halogens is 1. The summed E-state index contributed by atoms with van der Waals surface area (Å²) in [6.07, 6.45) is 0.385. The lowest BCUT2D eigenvalue weighted by molar-refractivity contribution is -0.118. The summed E-state index contributed by atoms with van der Waals surface area (Å²) in [5.41, 5.74) is 0.358. The Kier molecular flexibility index (Phi) is 5.63. The van der Waals surface area contributed by atoms with Crippen LogP contribution < -0.4 is 10.2 Å². The van der Waals surface area contributed by atoms with Crippen molar-refractivity contribution in [3.05, 3.63) is 30.1 Å². The van der Waals surface area contributed by atoms with Crippen LogP contribution in [-0.4, -0.2) is 25.5 Å². The molecule has 0 saturated carbocycles. The second-order valence-electron chi connectivity index (χ2n) is 3.69. The summed E-state index contributed by atoms with van der Waals surface area (Å²) in [7, 11) is 0. The lowest BCUT2D eigenvalue weighted by Crippen LogP contribution is -2.33. The molecule has 0 fully saturated rings. The van der Waals surface area contributed by atoms with Gasteiger partial charge in [0, 0.05) is 19.5 Å². The van der Waals surface area contributed by atoms with Crippen molar-refractivity contribution < 1.29 is 9.18 Å². The van der Waals surface area contributed by atoms with E-state index in [-0.39, 0.29) is 11.7 Å². The topological polar surface area (TPSA) is 32.3 Å². The van der Waals surface area contributed by atoms with E-state index in [1.807, 2.05) is 13.8 Å². The zero-order valence-corrected chi connectivity index (χ0v) is 10.4. The third-order valence-electron chi connectivity index (χ3n) is 2.53. The highest BCUT2D eigenvalue weighted by Crippen LogP contribution is 2.18. The number of nitrogens with one attached hydrogen (secondary N) is 1. The first-order valence-electron chi connectivity index (χ1n) is 5.96. The minimum Gasteiger partial charge on any atom is -0.316 e. The van der Waals surface area contributed by atoms with Gasteiger partial charge in [-0.2, -0.15) is 0 Å². The number of anilines is 1. The van der Waals surface area contributed by atoms with E-state index in [0.717, 1.165) is 6.54 Å². The van der Waals surface area contributed by atoms with Crippen LogP contribution in [0.25, 0.3) is 0 Å². The zero-order valence-electron chi connectivity index (χ0n) is 10.4. The van der Waals surface area contributed by atoms with Crippen LogP contribution in [0.1, 0.15) is 20.3 Å². The van der Waals surface area contributed by atoms with Crippen molar-refractivity contribution in [3.8, 4) is 0 Å². The number of amides is 1. The van der Waals surface area contributed by atoms with E-state index < -0.39 is 0 Å². The van der Waals surface area contributed by atoms with Crippen LogP contribution in [0, 0.1) is 5.82 Å². The van der Waals surface area contributed by atoms with E-state index in [4.69, 9.17) is 0 Å². The molecule has 1 amide bonds. The van der Waals surface area contributed by atoms with Gasteiger partial charge < -0.3 is 10.2 Å². The number of rotatable bonds is 6. The normalized spacial score (nSPS) is 10.3. The summed E-state index contributed by atoms with van der Waals surface area (Å²) < 4.78 is 13.6. The van der Waals surface area contributed by atoms with Gasteiger partial charge >= 0.3 is 0 Å². The van der Waals surface area contributed by atoms with Crippen molar-refractivity contribution in [1.29, 1.82) is 0 Å². The minimum absolute atomic E-state index is 0.0569. The maximum Gasteiger partial charge on any atom is 0.228 e. The van der Waals surface area contributed by atoms with Crippen LogP contribution in [0.4, 0.5) is 10.1 Å². The van der Waals surface area contributed by atoms with E-state index in [9.17, 15) is 9.18 Å². The van der Waals surface area contributed by atoms with Gasteiger partial charge in [0.15, 0.2) is 0 Å². The molecule has 17 heavy (non-hydrogen) atoms. The van der Waals surface area contributed by atoms with E-state index in [1.54, 1.807) is 18.2 Å². The van der Waals surface area contributed by atoms with Crippen molar-refractivity contribution in [1.82, 2.24) is 5.32 Å². The van der Waals surface area contributed by atoms with Gasteiger partial charge in [-0.25, -0.2) is 4.39 Å². The van der Waals surface area contributed by atoms with E-state index in [2.05, 4.69) is 5.32 Å². The number of para-hydroxylation sites is 1. The molecule has 94 valence electrons. The Morgan fingerprint density at radius 2 is 2.06 bits per heavy atom. The van der Waals surface area contributed by atoms with Crippen molar-refractivity contribution in [2.24, 2.45) is 0 Å². The number of benzene rings is 1. The van der Waals surface area contributed by atoms with Gasteiger partial charge in [0.25, 0.3) is 0 Å². The molecule has 0 spiro atoms. The predicted molar refractivity (Wildman–Crippen MR) is 67.6 cm³/mol. The molecule has 0 radical (unpaired) electrons. The molecule has 0 aliphatic carbocycles. The fourth-order valence-corrected chi connectivity index (χ4v) is 1.66. The molecule has 1 rings (SSSR count). The number of hydrogen-bond donors (Lipinski definition) is 1. The van der Waals surface area contributed by atoms with E-state index in [0.29, 0.717) is 25.2 Å². The fourth-order valence-electron chi connectivity index (χ4n) is 1.66. The van der Waals surface area contributed by atoms with E-state index in [1.165, 1.54) is 11.0 Å². The van der Waals surface area contributed by atoms with Gasteiger partial charge in [0.2, 0.25) is 5.91 Å². The van der Waals surface area contributed by atoms with Crippen LogP contribution in [0.5, 0.6) is 0 Å². The molecule has 0 bridgehead atoms. The number of carbonyl (C=O) groups excluding carboxylic acids is 1. The van der Waals surface area contributed by atoms with Crippen molar-refractivity contribution in [2.45, 2.75) is 20.3 Å². The zero-order chi connectivity index (χ0) is 12.7. The smallest absolute Gasteiger partial charge is 0.228 e. The van der Waals surface area contributed by atoms with Crippen molar-refractivity contribution >= 4 is 11.6 Å². The maximum atomic E-state index is 13.6. The number of hydrogen-bond acceptors (Lipinski definition) is 2. The molecule has 4 heteroatoms. The van der Waals surface area contributed by atoms with Gasteiger partial charge in [-0.15, -0.1) is 0 Å². The lowest BCUT2D eigenvalue weighted by atomic mass is 10.2. The molecule has 1 aromatic carbocycles. The quantitative estimate of drug-likeness (QED) is 0.770. The Bertz CT molecular complexity index is 368. The highest BCUT2D eigenvalue weighted by molar-refractivity contribution is 5.93. The third-order valence-corrected chi connectivity index (χ3v) is 2.53. The summed E-state index contributed by atoms with van der Waals surface area (Å²) in [6, 6.07) is 6.36. The Hall–Kier alpha value is -1.42. The monoisotopic (exact) mass is 238 g/mol. The second kappa shape index (κ2) is 7.01. The first kappa shape index (κ1) is 13.6. The second-order valence-corrected chi connectivity index (χ2v) is 3.69. The lowest BCUT2D eigenvalue weighted by Gasteiger charge is -2.21. The first-order valence-corrected chi connectivity index (χ1v) is 5.96. The third kappa shape index (κ3) is 3.82. The molecule has 0 aromatic heterocycles. The molecule has 3 nitrogen and oxygen atoms in total. The van der Waals surface area contributed by atoms with Gasteiger partial charge in [0.05, 0.1) is 5.69 Å². The summed E-state index contributed by atoms with van der Waals surface area (Å²) >= 11 is 0. The number of carbonyl (C=O) groups is 1. The minimum atomic E-state index is -0.355. The van der Waals surface area contributed by atoms with Crippen LogP contribution in [-0.2, 0) is 4.79 Å². The van der Waals surface area contributed by atoms with Crippen LogP contribution in [0.3, 0.4) is 0 Å². The Labute approximate surface area is 102 Å². The van der Waals surface area contributed by atoms with Crippen molar-refractivity contribution in [3.63, 3.8) is 0 Å². The summed E-state index contributed by atoms with van der Waals surface area (Å²) in [5, 5.41) is 3.08. The van der Waals surface area contributed by atoms with Crippen LogP contribution in [0.15, 0.2) is 24.3 Å². The predicted octanol–water partition coefficient (Wildman–Crippen LogP) is 2.18. The average molecular weight is 238 g/mol. The fraction of sp³-hybridized carbons (Fsp3) is 0.462. The SMILES string of the molecule is CCNCCC(=O)N(CC)c1ccccc1F. The summed E-state index contributed by atoms with van der Waals surface area (Å²) in [6.45, 7) is 5.77. The average Bonchev–Trinajstić information content (AvgIpc) is 2.33. The molecule has 0 saturated heterocycles. The molecule has 0 aliphatic heterocycles. The maximum absolute atomic E-state index is 13.6. The molecule has 0 heterocycles. The highest BCUT2D eigenvalue weighted by atomic mass is 19.1. The van der Waals surface area contributed by atoms with E-state index >= 15 is 0 Å². The van der Waals surface area contributed by atoms with Gasteiger partial charge in [-0.05, 0) is 25.6 Å². The first-order chi connectivity index (χ1) is 8.20.